The number of carbonyl (C=O) groups is 1. The van der Waals surface area contributed by atoms with Gasteiger partial charge >= 0.3 is 0 Å². The highest BCUT2D eigenvalue weighted by Gasteiger charge is 2.13. The van der Waals surface area contributed by atoms with Crippen LogP contribution >= 0.6 is 23.2 Å². The summed E-state index contributed by atoms with van der Waals surface area (Å²) in [7, 11) is 0. The second kappa shape index (κ2) is 5.51. The van der Waals surface area contributed by atoms with E-state index in [-0.39, 0.29) is 12.2 Å². The lowest BCUT2D eigenvalue weighted by Crippen LogP contribution is -2.08. The van der Waals surface area contributed by atoms with E-state index in [9.17, 15) is 4.79 Å². The third kappa shape index (κ3) is 2.89. The second-order valence-corrected chi connectivity index (χ2v) is 4.85. The molecule has 0 atom stereocenters. The molecule has 0 N–H and O–H groups in total. The fraction of sp³-hybridized carbons (Fsp3) is 0.143. The zero-order valence-corrected chi connectivity index (χ0v) is 11.3. The summed E-state index contributed by atoms with van der Waals surface area (Å²) < 4.78 is 0. The first kappa shape index (κ1) is 13.1. The molecule has 2 rings (SSSR count). The largest absolute Gasteiger partial charge is 0.292 e. The summed E-state index contributed by atoms with van der Waals surface area (Å²) in [6, 6.07) is 8.76. The average molecular weight is 280 g/mol. The van der Waals surface area contributed by atoms with E-state index in [2.05, 4.69) is 4.98 Å². The molecule has 2 aromatic rings. The van der Waals surface area contributed by atoms with Crippen molar-refractivity contribution < 1.29 is 4.79 Å². The normalized spacial score (nSPS) is 10.4. The fourth-order valence-corrected chi connectivity index (χ4v) is 2.09. The first-order valence-corrected chi connectivity index (χ1v) is 6.22. The maximum atomic E-state index is 12.1. The highest BCUT2D eigenvalue weighted by Crippen LogP contribution is 2.22. The van der Waals surface area contributed by atoms with Crippen molar-refractivity contribution in [3.8, 4) is 0 Å². The van der Waals surface area contributed by atoms with E-state index in [4.69, 9.17) is 23.2 Å². The van der Waals surface area contributed by atoms with E-state index in [1.165, 1.54) is 0 Å². The Bertz CT molecular complexity index is 596. The Kier molecular flexibility index (Phi) is 4.00. The molecule has 0 fully saturated rings. The van der Waals surface area contributed by atoms with Crippen LogP contribution in [-0.4, -0.2) is 10.8 Å². The molecular formula is C14H11Cl2NO. The van der Waals surface area contributed by atoms with Crippen molar-refractivity contribution in [3.63, 3.8) is 0 Å². The molecule has 0 unspecified atom stereocenters. The molecule has 1 heterocycles. The Morgan fingerprint density at radius 1 is 1.28 bits per heavy atom. The lowest BCUT2D eigenvalue weighted by molar-refractivity contribution is 0.0987. The molecule has 18 heavy (non-hydrogen) atoms. The third-order valence-electron chi connectivity index (χ3n) is 2.63. The molecule has 0 aliphatic carbocycles. The predicted molar refractivity (Wildman–Crippen MR) is 73.5 cm³/mol. The number of carbonyl (C=O) groups excluding carboxylic acids is 1. The second-order valence-electron chi connectivity index (χ2n) is 4.00. The van der Waals surface area contributed by atoms with Gasteiger partial charge in [0.2, 0.25) is 0 Å². The lowest BCUT2D eigenvalue weighted by Gasteiger charge is -2.06. The molecule has 0 aliphatic rings. The fourth-order valence-electron chi connectivity index (χ4n) is 1.71. The number of nitrogens with zero attached hydrogens (tertiary/aromatic N) is 1. The van der Waals surface area contributed by atoms with Crippen LogP contribution in [0.15, 0.2) is 36.5 Å². The van der Waals surface area contributed by atoms with Gasteiger partial charge in [0.05, 0.1) is 0 Å². The molecule has 4 heteroatoms. The third-order valence-corrected chi connectivity index (χ3v) is 3.24. The highest BCUT2D eigenvalue weighted by molar-refractivity contribution is 6.33. The van der Waals surface area contributed by atoms with Gasteiger partial charge in [-0.2, -0.15) is 0 Å². The summed E-state index contributed by atoms with van der Waals surface area (Å²) in [6.07, 6.45) is 1.82. The summed E-state index contributed by atoms with van der Waals surface area (Å²) in [5.74, 6) is -0.0581. The van der Waals surface area contributed by atoms with Crippen molar-refractivity contribution in [2.75, 3.05) is 0 Å². The molecule has 1 aromatic heterocycles. The van der Waals surface area contributed by atoms with Gasteiger partial charge in [0.1, 0.15) is 5.69 Å². The predicted octanol–water partition coefficient (Wildman–Crippen LogP) is 4.12. The molecular weight excluding hydrogens is 269 g/mol. The molecule has 2 nitrogen and oxygen atoms in total. The van der Waals surface area contributed by atoms with Gasteiger partial charge in [0, 0.05) is 22.7 Å². The minimum Gasteiger partial charge on any atom is -0.292 e. The first-order valence-electron chi connectivity index (χ1n) is 5.46. The van der Waals surface area contributed by atoms with Crippen LogP contribution in [0.5, 0.6) is 0 Å². The van der Waals surface area contributed by atoms with Crippen LogP contribution in [0, 0.1) is 6.92 Å². The van der Waals surface area contributed by atoms with E-state index >= 15 is 0 Å². The lowest BCUT2D eigenvalue weighted by atomic mass is 10.0. The number of aromatic nitrogens is 1. The van der Waals surface area contributed by atoms with Crippen LogP contribution in [-0.2, 0) is 6.42 Å². The number of Topliss-reactive ketones (excluding diaryl/α,β-unsaturated/α-hetero) is 1. The molecule has 92 valence electrons. The number of aryl methyl sites for hydroxylation is 1. The molecule has 0 saturated carbocycles. The van der Waals surface area contributed by atoms with Gasteiger partial charge in [0.25, 0.3) is 0 Å². The van der Waals surface area contributed by atoms with Crippen molar-refractivity contribution in [1.29, 1.82) is 0 Å². The molecule has 1 aromatic carbocycles. The average Bonchev–Trinajstić information content (AvgIpc) is 2.34. The molecule has 0 radical (unpaired) electrons. The van der Waals surface area contributed by atoms with Gasteiger partial charge < -0.3 is 0 Å². The van der Waals surface area contributed by atoms with Gasteiger partial charge in [-0.25, -0.2) is 0 Å². The van der Waals surface area contributed by atoms with Gasteiger partial charge in [-0.1, -0.05) is 29.3 Å². The number of ketones is 1. The topological polar surface area (TPSA) is 30.0 Å². The van der Waals surface area contributed by atoms with E-state index in [1.54, 1.807) is 30.5 Å². The molecule has 0 saturated heterocycles. The summed E-state index contributed by atoms with van der Waals surface area (Å²) in [4.78, 5) is 16.2. The molecule has 0 amide bonds. The Morgan fingerprint density at radius 2 is 2.06 bits per heavy atom. The Labute approximate surface area is 116 Å². The SMILES string of the molecule is Cc1cccnc1C(=O)Cc1cc(Cl)ccc1Cl. The van der Waals surface area contributed by atoms with Gasteiger partial charge in [-0.3, -0.25) is 9.78 Å². The number of pyridine rings is 1. The maximum absolute atomic E-state index is 12.1. The zero-order valence-electron chi connectivity index (χ0n) is 9.78. The van der Waals surface area contributed by atoms with Gasteiger partial charge in [-0.15, -0.1) is 0 Å². The van der Waals surface area contributed by atoms with Crippen LogP contribution in [0.2, 0.25) is 10.0 Å². The van der Waals surface area contributed by atoms with Crippen LogP contribution in [0.25, 0.3) is 0 Å². The van der Waals surface area contributed by atoms with E-state index < -0.39 is 0 Å². The van der Waals surface area contributed by atoms with E-state index in [0.717, 1.165) is 11.1 Å². The maximum Gasteiger partial charge on any atom is 0.185 e. The van der Waals surface area contributed by atoms with Crippen LogP contribution in [0.3, 0.4) is 0 Å². The smallest absolute Gasteiger partial charge is 0.185 e. The van der Waals surface area contributed by atoms with E-state index in [0.29, 0.717) is 15.7 Å². The van der Waals surface area contributed by atoms with E-state index in [1.807, 2.05) is 13.0 Å². The van der Waals surface area contributed by atoms with Gasteiger partial charge in [-0.05, 0) is 42.3 Å². The summed E-state index contributed by atoms with van der Waals surface area (Å²) in [5, 5.41) is 1.11. The minimum absolute atomic E-state index is 0.0581. The zero-order chi connectivity index (χ0) is 13.1. The van der Waals surface area contributed by atoms with Crippen molar-refractivity contribution in [2.45, 2.75) is 13.3 Å². The molecule has 0 bridgehead atoms. The van der Waals surface area contributed by atoms with Crippen molar-refractivity contribution in [2.24, 2.45) is 0 Å². The van der Waals surface area contributed by atoms with Crippen molar-refractivity contribution >= 4 is 29.0 Å². The highest BCUT2D eigenvalue weighted by atomic mass is 35.5. The number of hydrogen-bond acceptors (Lipinski definition) is 2. The number of halogens is 2. The first-order chi connectivity index (χ1) is 8.58. The van der Waals surface area contributed by atoms with Crippen molar-refractivity contribution in [3.05, 3.63) is 63.4 Å². The number of benzene rings is 1. The monoisotopic (exact) mass is 279 g/mol. The Balaban J connectivity index is 2.27. The number of hydrogen-bond donors (Lipinski definition) is 0. The van der Waals surface area contributed by atoms with Crippen molar-refractivity contribution in [1.82, 2.24) is 4.98 Å². The summed E-state index contributed by atoms with van der Waals surface area (Å²) in [5.41, 5.74) is 2.06. The van der Waals surface area contributed by atoms with Gasteiger partial charge in [0.15, 0.2) is 5.78 Å². The Hall–Kier alpha value is -1.38. The van der Waals surface area contributed by atoms with Crippen LogP contribution in [0.1, 0.15) is 21.6 Å². The number of rotatable bonds is 3. The quantitative estimate of drug-likeness (QED) is 0.791. The van der Waals surface area contributed by atoms with Crippen LogP contribution in [0.4, 0.5) is 0 Å². The summed E-state index contributed by atoms with van der Waals surface area (Å²) in [6.45, 7) is 1.86. The molecule has 0 aliphatic heterocycles. The molecule has 0 spiro atoms. The van der Waals surface area contributed by atoms with Crippen LogP contribution < -0.4 is 0 Å². The Morgan fingerprint density at radius 3 is 2.78 bits per heavy atom. The summed E-state index contributed by atoms with van der Waals surface area (Å²) >= 11 is 11.9. The standard InChI is InChI=1S/C14H11Cl2NO/c1-9-3-2-6-17-14(9)13(18)8-10-7-11(15)4-5-12(10)16/h2-7H,8H2,1H3. The minimum atomic E-state index is -0.0581.